The van der Waals surface area contributed by atoms with Crippen LogP contribution in [0.15, 0.2) is 18.2 Å². The number of fused-ring (bicyclic) bond motifs is 3. The Balaban J connectivity index is 1.68. The van der Waals surface area contributed by atoms with Crippen LogP contribution in [0.3, 0.4) is 0 Å². The van der Waals surface area contributed by atoms with Crippen LogP contribution >= 0.6 is 0 Å². The summed E-state index contributed by atoms with van der Waals surface area (Å²) in [4.78, 5) is 27.4. The van der Waals surface area contributed by atoms with Crippen molar-refractivity contribution in [1.82, 2.24) is 0 Å². The summed E-state index contributed by atoms with van der Waals surface area (Å²) in [5.41, 5.74) is 1.56. The Labute approximate surface area is 227 Å². The molecular weight excluding hydrogens is 515 g/mol. The molecule has 1 saturated heterocycles. The fourth-order valence-electron chi connectivity index (χ4n) is 5.76. The Morgan fingerprint density at radius 3 is 2.59 bits per heavy atom. The van der Waals surface area contributed by atoms with E-state index < -0.39 is 114 Å². The summed E-state index contributed by atoms with van der Waals surface area (Å²) in [5, 5.41) is 64.6. The number of ketones is 2. The van der Waals surface area contributed by atoms with Gasteiger partial charge in [0.05, 0.1) is 58.4 Å². The largest absolute Gasteiger partial charge is 0.507 e. The summed E-state index contributed by atoms with van der Waals surface area (Å²) in [6.07, 6.45) is -7.00. The molecule has 2 aromatic carbocycles. The number of carbonyl (C=O) groups excluding carboxylic acids is 2. The highest BCUT2D eigenvalue weighted by Gasteiger charge is 2.50. The van der Waals surface area contributed by atoms with Crippen LogP contribution in [0.2, 0.25) is 0 Å². The Hall–Kier alpha value is -3.10. The maximum atomic E-state index is 13.8. The SMILES string of the molecule is [2H][13C]([2H])([2H])Oc1cccc2c1C(=O)c1c(O)c3c(c(O)c1C2=O)C[C@@](O)([C@H](O)CO)C[C@@H]3O[C@H]1C[C@@H](N)[C@@H](O)[C@H](C)O1. The lowest BCUT2D eigenvalue weighted by Crippen LogP contribution is -2.53. The van der Waals surface area contributed by atoms with Crippen LogP contribution in [0.4, 0.5) is 0 Å². The molecule has 3 aliphatic rings. The second-order valence-corrected chi connectivity index (χ2v) is 10.2. The third-order valence-corrected chi connectivity index (χ3v) is 7.86. The maximum Gasteiger partial charge on any atom is 0.202 e. The zero-order valence-corrected chi connectivity index (χ0v) is 20.8. The van der Waals surface area contributed by atoms with Gasteiger partial charge < -0.3 is 50.6 Å². The van der Waals surface area contributed by atoms with Gasteiger partial charge in [-0.15, -0.1) is 0 Å². The molecule has 12 nitrogen and oxygen atoms in total. The lowest BCUT2D eigenvalue weighted by molar-refractivity contribution is -0.251. The number of rotatable bonds is 5. The highest BCUT2D eigenvalue weighted by molar-refractivity contribution is 6.31. The number of benzene rings is 2. The van der Waals surface area contributed by atoms with Crippen LogP contribution in [0.5, 0.6) is 17.2 Å². The summed E-state index contributed by atoms with van der Waals surface area (Å²) in [6.45, 7) is 0.683. The number of aliphatic hydroxyl groups is 4. The van der Waals surface area contributed by atoms with Crippen molar-refractivity contribution >= 4 is 11.6 Å². The van der Waals surface area contributed by atoms with Gasteiger partial charge >= 0.3 is 0 Å². The van der Waals surface area contributed by atoms with Crippen LogP contribution in [-0.2, 0) is 15.9 Å². The predicted molar refractivity (Wildman–Crippen MR) is 133 cm³/mol. The minimum Gasteiger partial charge on any atom is -0.507 e. The van der Waals surface area contributed by atoms with Crippen molar-refractivity contribution in [1.29, 1.82) is 0 Å². The van der Waals surface area contributed by atoms with Crippen LogP contribution in [0, 0.1) is 0 Å². The second kappa shape index (κ2) is 9.82. The van der Waals surface area contributed by atoms with Crippen molar-refractivity contribution in [3.8, 4) is 17.2 Å². The fourth-order valence-corrected chi connectivity index (χ4v) is 5.76. The molecule has 39 heavy (non-hydrogen) atoms. The lowest BCUT2D eigenvalue weighted by Gasteiger charge is -2.44. The van der Waals surface area contributed by atoms with Gasteiger partial charge in [0.2, 0.25) is 5.78 Å². The minimum atomic E-state index is -2.97. The van der Waals surface area contributed by atoms with E-state index in [-0.39, 0.29) is 23.1 Å². The Bertz CT molecular complexity index is 1440. The number of nitrogens with two attached hydrogens (primary N) is 1. The number of aromatic hydroxyl groups is 2. The topological polar surface area (TPSA) is 209 Å². The molecule has 1 aliphatic heterocycles. The number of phenolic OH excluding ortho intramolecular Hbond substituents is 2. The molecule has 8 N–H and O–H groups in total. The molecular formula is C27H31NO11. The van der Waals surface area contributed by atoms with Crippen molar-refractivity contribution in [2.45, 2.75) is 68.5 Å². The number of hydrogen-bond donors (Lipinski definition) is 7. The number of aliphatic hydroxyl groups excluding tert-OH is 3. The molecule has 2 aromatic rings. The van der Waals surface area contributed by atoms with E-state index in [9.17, 15) is 40.2 Å². The third kappa shape index (κ3) is 4.19. The van der Waals surface area contributed by atoms with Gasteiger partial charge in [0.25, 0.3) is 0 Å². The van der Waals surface area contributed by atoms with Gasteiger partial charge in [0.1, 0.15) is 23.4 Å². The Morgan fingerprint density at radius 1 is 1.21 bits per heavy atom. The quantitative estimate of drug-likeness (QED) is 0.163. The number of ether oxygens (including phenoxy) is 3. The Morgan fingerprint density at radius 2 is 1.92 bits per heavy atom. The van der Waals surface area contributed by atoms with Crippen molar-refractivity contribution in [3.05, 3.63) is 51.6 Å². The number of hydrogen-bond acceptors (Lipinski definition) is 12. The molecule has 0 saturated carbocycles. The first kappa shape index (κ1) is 23.8. The van der Waals surface area contributed by atoms with E-state index in [0.717, 1.165) is 0 Å². The van der Waals surface area contributed by atoms with Gasteiger partial charge in [-0.2, -0.15) is 0 Å². The number of phenols is 2. The average molecular weight is 550 g/mol. The van der Waals surface area contributed by atoms with Crippen LogP contribution < -0.4 is 10.5 Å². The van der Waals surface area contributed by atoms with Gasteiger partial charge in [-0.05, 0) is 13.0 Å². The number of methoxy groups -OCH3 is 1. The molecule has 5 rings (SSSR count). The Kier molecular flexibility index (Phi) is 5.98. The molecule has 210 valence electrons. The molecule has 7 atom stereocenters. The molecule has 0 aromatic heterocycles. The van der Waals surface area contributed by atoms with E-state index in [0.29, 0.717) is 0 Å². The molecule has 0 amide bonds. The highest BCUT2D eigenvalue weighted by Crippen LogP contribution is 2.52. The normalized spacial score (nSPS) is 32.3. The van der Waals surface area contributed by atoms with Crippen LogP contribution in [0.1, 0.15) is 73.0 Å². The van der Waals surface area contributed by atoms with Crippen molar-refractivity contribution in [2.24, 2.45) is 5.73 Å². The first-order chi connectivity index (χ1) is 19.6. The summed E-state index contributed by atoms with van der Waals surface area (Å²) in [6, 6.07) is 2.94. The van der Waals surface area contributed by atoms with E-state index in [1.54, 1.807) is 6.92 Å². The van der Waals surface area contributed by atoms with Crippen LogP contribution in [0.25, 0.3) is 0 Å². The standard InChI is InChI=1S/C27H31NO11/c1-10-22(31)13(28)6-17(38-10)39-15-8-27(36,16(30)9-29)7-12-19(15)26(35)21-20(24(12)33)23(32)11-4-3-5-14(37-2)18(11)25(21)34/h3-5,10,13,15-17,22,29-31,33,35-36H,6-9,28H2,1-2H3/t10-,13+,15-,16+,17-,22-,27-/m0/s1/i2+1D3. The maximum absolute atomic E-state index is 13.8. The first-order valence-electron chi connectivity index (χ1n) is 13.9. The van der Waals surface area contributed by atoms with E-state index in [2.05, 4.69) is 0 Å². The summed E-state index contributed by atoms with van der Waals surface area (Å²) in [7, 11) is -2.97. The molecule has 2 aliphatic carbocycles. The van der Waals surface area contributed by atoms with Crippen molar-refractivity contribution in [2.75, 3.05) is 13.6 Å². The third-order valence-electron chi connectivity index (χ3n) is 7.86. The minimum absolute atomic E-state index is 0.0172. The molecule has 1 fully saturated rings. The zero-order valence-electron chi connectivity index (χ0n) is 23.8. The van der Waals surface area contributed by atoms with Gasteiger partial charge in [-0.25, -0.2) is 0 Å². The van der Waals surface area contributed by atoms with Crippen molar-refractivity contribution in [3.63, 3.8) is 0 Å². The molecule has 0 bridgehead atoms. The predicted octanol–water partition coefficient (Wildman–Crippen LogP) is -0.207. The summed E-state index contributed by atoms with van der Waals surface area (Å²) < 4.78 is 39.0. The molecule has 0 spiro atoms. The van der Waals surface area contributed by atoms with E-state index >= 15 is 0 Å². The monoisotopic (exact) mass is 549 g/mol. The van der Waals surface area contributed by atoms with Crippen LogP contribution in [-0.4, -0.2) is 92.1 Å². The van der Waals surface area contributed by atoms with E-state index in [1.165, 1.54) is 18.2 Å². The average Bonchev–Trinajstić information content (AvgIpc) is 2.90. The first-order valence-corrected chi connectivity index (χ1v) is 12.4. The fraction of sp³-hybridized carbons (Fsp3) is 0.481. The molecule has 1 heterocycles. The smallest absolute Gasteiger partial charge is 0.202 e. The summed E-state index contributed by atoms with van der Waals surface area (Å²) in [5.74, 6) is -3.91. The van der Waals surface area contributed by atoms with Gasteiger partial charge in [0, 0.05) is 42.0 Å². The highest BCUT2D eigenvalue weighted by atomic mass is 16.7. The van der Waals surface area contributed by atoms with Crippen molar-refractivity contribution < 1.29 is 58.6 Å². The van der Waals surface area contributed by atoms with E-state index in [1.807, 2.05) is 0 Å². The van der Waals surface area contributed by atoms with Gasteiger partial charge in [0.15, 0.2) is 12.1 Å². The molecule has 0 radical (unpaired) electrons. The number of carbonyl (C=O) groups is 2. The second-order valence-electron chi connectivity index (χ2n) is 10.2. The molecule has 12 heteroatoms. The lowest BCUT2D eigenvalue weighted by atomic mass is 9.71. The van der Waals surface area contributed by atoms with Gasteiger partial charge in [-0.1, -0.05) is 12.1 Å². The molecule has 0 unspecified atom stereocenters. The van der Waals surface area contributed by atoms with Gasteiger partial charge in [-0.3, -0.25) is 9.59 Å². The zero-order chi connectivity index (χ0) is 30.9. The summed E-state index contributed by atoms with van der Waals surface area (Å²) >= 11 is 0. The van der Waals surface area contributed by atoms with E-state index in [4.69, 9.17) is 24.1 Å².